The van der Waals surface area contributed by atoms with Crippen molar-refractivity contribution in [3.8, 4) is 0 Å². The molecule has 0 aliphatic heterocycles. The highest BCUT2D eigenvalue weighted by atomic mass is 32.2. The van der Waals surface area contributed by atoms with Gasteiger partial charge in [0.25, 0.3) is 0 Å². The van der Waals surface area contributed by atoms with Crippen molar-refractivity contribution in [3.63, 3.8) is 0 Å². The highest BCUT2D eigenvalue weighted by molar-refractivity contribution is 7.89. The van der Waals surface area contributed by atoms with Gasteiger partial charge >= 0.3 is 0 Å². The number of aryl methyl sites for hydroxylation is 1. The van der Waals surface area contributed by atoms with Gasteiger partial charge in [0.1, 0.15) is 4.90 Å². The minimum Gasteiger partial charge on any atom is -0.349 e. The van der Waals surface area contributed by atoms with Crippen LogP contribution in [0, 0.1) is 0 Å². The Balaban J connectivity index is 3.18. The van der Waals surface area contributed by atoms with Crippen molar-refractivity contribution in [2.45, 2.75) is 51.7 Å². The summed E-state index contributed by atoms with van der Waals surface area (Å²) in [4.78, 5) is 0.354. The first-order valence-electron chi connectivity index (χ1n) is 7.40. The van der Waals surface area contributed by atoms with E-state index in [1.807, 2.05) is 32.3 Å². The third kappa shape index (κ3) is 4.18. The Morgan fingerprint density at radius 3 is 2.57 bits per heavy atom. The molecule has 0 saturated heterocycles. The molecule has 1 N–H and O–H groups in total. The van der Waals surface area contributed by atoms with Crippen molar-refractivity contribution in [2.24, 2.45) is 0 Å². The summed E-state index contributed by atoms with van der Waals surface area (Å²) in [6.07, 6.45) is 3.34. The fourth-order valence-corrected chi connectivity index (χ4v) is 3.88. The second-order valence-corrected chi connectivity index (χ2v) is 7.08. The van der Waals surface area contributed by atoms with Crippen molar-refractivity contribution in [1.82, 2.24) is 14.2 Å². The summed E-state index contributed by atoms with van der Waals surface area (Å²) in [6.45, 7) is 14.0. The van der Waals surface area contributed by atoms with E-state index < -0.39 is 10.0 Å². The number of nitrogens with one attached hydrogen (secondary N) is 1. The van der Waals surface area contributed by atoms with Gasteiger partial charge in [0, 0.05) is 37.6 Å². The first-order valence-corrected chi connectivity index (χ1v) is 8.84. The molecule has 5 nitrogen and oxygen atoms in total. The maximum absolute atomic E-state index is 12.8. The number of hydrogen-bond acceptors (Lipinski definition) is 3. The van der Waals surface area contributed by atoms with Gasteiger partial charge in [-0.1, -0.05) is 13.0 Å². The van der Waals surface area contributed by atoms with Gasteiger partial charge in [-0.2, -0.15) is 4.31 Å². The summed E-state index contributed by atoms with van der Waals surface area (Å²) in [5.41, 5.74) is 0.986. The molecule has 1 rings (SSSR count). The van der Waals surface area contributed by atoms with Crippen LogP contribution in [-0.2, 0) is 23.1 Å². The summed E-state index contributed by atoms with van der Waals surface area (Å²) >= 11 is 0. The molecule has 0 atom stereocenters. The van der Waals surface area contributed by atoms with E-state index in [4.69, 9.17) is 0 Å². The molecule has 0 amide bonds. The fraction of sp³-hybridized carbons (Fsp3) is 0.600. The maximum atomic E-state index is 12.8. The van der Waals surface area contributed by atoms with Crippen molar-refractivity contribution in [2.75, 3.05) is 13.1 Å². The van der Waals surface area contributed by atoms with Crippen LogP contribution in [0.5, 0.6) is 0 Å². The van der Waals surface area contributed by atoms with Crippen LogP contribution in [0.15, 0.2) is 29.8 Å². The third-order valence-electron chi connectivity index (χ3n) is 3.35. The molecule has 0 unspecified atom stereocenters. The van der Waals surface area contributed by atoms with Gasteiger partial charge in [-0.15, -0.1) is 6.58 Å². The topological polar surface area (TPSA) is 54.3 Å². The minimum atomic E-state index is -3.49. The van der Waals surface area contributed by atoms with E-state index in [0.717, 1.165) is 18.8 Å². The van der Waals surface area contributed by atoms with Crippen LogP contribution < -0.4 is 5.32 Å². The van der Waals surface area contributed by atoms with Gasteiger partial charge in [0.15, 0.2) is 0 Å². The van der Waals surface area contributed by atoms with Crippen LogP contribution in [0.2, 0.25) is 0 Å². The first-order chi connectivity index (χ1) is 9.88. The van der Waals surface area contributed by atoms with E-state index in [1.165, 1.54) is 4.31 Å². The number of aromatic nitrogens is 1. The minimum absolute atomic E-state index is 0.102. The molecule has 0 aliphatic carbocycles. The van der Waals surface area contributed by atoms with Gasteiger partial charge in [-0.3, -0.25) is 0 Å². The Hall–Kier alpha value is -1.11. The van der Waals surface area contributed by atoms with E-state index in [1.54, 1.807) is 18.3 Å². The van der Waals surface area contributed by atoms with Gasteiger partial charge in [0.2, 0.25) is 10.0 Å². The van der Waals surface area contributed by atoms with Gasteiger partial charge in [0.05, 0.1) is 0 Å². The van der Waals surface area contributed by atoms with E-state index >= 15 is 0 Å². The molecule has 0 saturated carbocycles. The van der Waals surface area contributed by atoms with E-state index in [2.05, 4.69) is 11.9 Å². The van der Waals surface area contributed by atoms with Gasteiger partial charge < -0.3 is 9.88 Å². The number of nitrogens with zero attached hydrogens (tertiary/aromatic N) is 2. The zero-order chi connectivity index (χ0) is 16.0. The Morgan fingerprint density at radius 2 is 2.10 bits per heavy atom. The van der Waals surface area contributed by atoms with Gasteiger partial charge in [-0.25, -0.2) is 8.42 Å². The molecule has 0 bridgehead atoms. The van der Waals surface area contributed by atoms with Gasteiger partial charge in [-0.05, 0) is 33.4 Å². The molecular formula is C15H27N3O2S. The first kappa shape index (κ1) is 17.9. The summed E-state index contributed by atoms with van der Waals surface area (Å²) in [5, 5.41) is 3.24. The molecule has 1 heterocycles. The molecule has 0 fully saturated rings. The predicted octanol–water partition coefficient (Wildman–Crippen LogP) is 2.20. The zero-order valence-electron chi connectivity index (χ0n) is 13.5. The molecule has 1 aromatic rings. The largest absolute Gasteiger partial charge is 0.349 e. The van der Waals surface area contributed by atoms with Crippen molar-refractivity contribution in [3.05, 3.63) is 30.6 Å². The van der Waals surface area contributed by atoms with E-state index in [0.29, 0.717) is 18.0 Å². The zero-order valence-corrected chi connectivity index (χ0v) is 14.3. The van der Waals surface area contributed by atoms with E-state index in [9.17, 15) is 8.42 Å². The smallest absolute Gasteiger partial charge is 0.245 e. The van der Waals surface area contributed by atoms with Crippen LogP contribution >= 0.6 is 0 Å². The second kappa shape index (κ2) is 7.77. The van der Waals surface area contributed by atoms with Crippen molar-refractivity contribution in [1.29, 1.82) is 0 Å². The number of rotatable bonds is 9. The average molecular weight is 313 g/mol. The molecule has 21 heavy (non-hydrogen) atoms. The lowest BCUT2D eigenvalue weighted by Crippen LogP contribution is -2.36. The van der Waals surface area contributed by atoms with Crippen molar-refractivity contribution >= 4 is 10.0 Å². The molecule has 0 aliphatic rings. The normalized spacial score (nSPS) is 12.3. The summed E-state index contributed by atoms with van der Waals surface area (Å²) < 4.78 is 29.0. The molecular weight excluding hydrogens is 286 g/mol. The highest BCUT2D eigenvalue weighted by Gasteiger charge is 2.27. The Bertz CT molecular complexity index is 561. The molecule has 6 heteroatoms. The molecule has 1 aromatic heterocycles. The lowest BCUT2D eigenvalue weighted by Gasteiger charge is -2.23. The lowest BCUT2D eigenvalue weighted by atomic mass is 10.4. The molecule has 0 radical (unpaired) electrons. The van der Waals surface area contributed by atoms with Crippen LogP contribution in [-0.4, -0.2) is 36.4 Å². The number of sulfonamides is 1. The quantitative estimate of drug-likeness (QED) is 0.711. The Labute approximate surface area is 128 Å². The average Bonchev–Trinajstić information content (AvgIpc) is 2.85. The standard InChI is InChI=1S/C15H27N3O2S/c1-6-9-18(13(4)5)21(19,20)15-10-14(11-16-7-2)17(8-3)12-15/h6,10,12-13,16H,1,7-9,11H2,2-5H3. The third-order valence-corrected chi connectivity index (χ3v) is 5.36. The number of hydrogen-bond donors (Lipinski definition) is 1. The SMILES string of the molecule is C=CCN(C(C)C)S(=O)(=O)c1cc(CNCC)n(CC)c1. The van der Waals surface area contributed by atoms with Crippen LogP contribution in [0.25, 0.3) is 0 Å². The predicted molar refractivity (Wildman–Crippen MR) is 86.7 cm³/mol. The lowest BCUT2D eigenvalue weighted by molar-refractivity contribution is 0.383. The summed E-state index contributed by atoms with van der Waals surface area (Å²) in [5.74, 6) is 0. The monoisotopic (exact) mass is 313 g/mol. The van der Waals surface area contributed by atoms with Crippen molar-refractivity contribution < 1.29 is 8.42 Å². The summed E-state index contributed by atoms with van der Waals surface area (Å²) in [6, 6.07) is 1.66. The maximum Gasteiger partial charge on any atom is 0.245 e. The summed E-state index contributed by atoms with van der Waals surface area (Å²) in [7, 11) is -3.49. The molecule has 0 spiro atoms. The van der Waals surface area contributed by atoms with Crippen LogP contribution in [0.4, 0.5) is 0 Å². The highest BCUT2D eigenvalue weighted by Crippen LogP contribution is 2.21. The van der Waals surface area contributed by atoms with Crippen LogP contribution in [0.1, 0.15) is 33.4 Å². The molecule has 120 valence electrons. The second-order valence-electron chi connectivity index (χ2n) is 5.19. The molecule has 0 aromatic carbocycles. The fourth-order valence-electron chi connectivity index (χ4n) is 2.21. The Morgan fingerprint density at radius 1 is 1.43 bits per heavy atom. The van der Waals surface area contributed by atoms with Crippen LogP contribution in [0.3, 0.4) is 0 Å². The Kier molecular flexibility index (Phi) is 6.64. The van der Waals surface area contributed by atoms with E-state index in [-0.39, 0.29) is 6.04 Å².